The number of nitrogens with zero attached hydrogens (tertiary/aromatic N) is 6. The summed E-state index contributed by atoms with van der Waals surface area (Å²) in [5.41, 5.74) is 4.32. The van der Waals surface area contributed by atoms with E-state index in [1.807, 2.05) is 19.1 Å². The molecule has 5 fully saturated rings. The number of aromatic amines is 1. The number of alkyl halides is 3. The van der Waals surface area contributed by atoms with Gasteiger partial charge in [-0.25, -0.2) is 4.39 Å². The van der Waals surface area contributed by atoms with Gasteiger partial charge in [0.1, 0.15) is 17.4 Å². The van der Waals surface area contributed by atoms with Crippen molar-refractivity contribution in [3.8, 4) is 22.9 Å². The second kappa shape index (κ2) is 14.1. The van der Waals surface area contributed by atoms with E-state index in [0.29, 0.717) is 49.0 Å². The van der Waals surface area contributed by atoms with Gasteiger partial charge in [-0.3, -0.25) is 9.89 Å². The van der Waals surface area contributed by atoms with E-state index in [1.165, 1.54) is 4.90 Å². The number of carbonyl (C=O) groups is 1. The highest BCUT2D eigenvalue weighted by Gasteiger charge is 2.49. The van der Waals surface area contributed by atoms with Crippen LogP contribution in [0.3, 0.4) is 0 Å². The number of amides is 1. The molecule has 304 valence electrons. The number of H-pyrrole nitrogens is 1. The van der Waals surface area contributed by atoms with Gasteiger partial charge >= 0.3 is 12.2 Å². The molecule has 10 nitrogen and oxygen atoms in total. The summed E-state index contributed by atoms with van der Waals surface area (Å²) in [5, 5.41) is 8.73. The molecular weight excluding hydrogens is 739 g/mol. The monoisotopic (exact) mass is 789 g/mol. The van der Waals surface area contributed by atoms with E-state index >= 15 is 0 Å². The first kappa shape index (κ1) is 38.1. The van der Waals surface area contributed by atoms with Crippen LogP contribution in [0.5, 0.6) is 11.8 Å². The Morgan fingerprint density at radius 2 is 1.72 bits per heavy atom. The molecule has 14 heteroatoms. The molecule has 2 saturated carbocycles. The van der Waals surface area contributed by atoms with Crippen molar-refractivity contribution in [2.75, 3.05) is 50.8 Å². The summed E-state index contributed by atoms with van der Waals surface area (Å²) in [5.74, 6) is -0.804. The normalized spacial score (nSPS) is 21.5. The number of aryl methyl sites for hydroxylation is 1. The number of hydrogen-bond donors (Lipinski definition) is 1. The second-order valence-electron chi connectivity index (χ2n) is 17.7. The molecule has 9 rings (SSSR count). The molecule has 5 heterocycles. The van der Waals surface area contributed by atoms with Crippen molar-refractivity contribution in [3.05, 3.63) is 47.9 Å². The number of nitrogens with one attached hydrogen (secondary N) is 1. The zero-order valence-corrected chi connectivity index (χ0v) is 33.0. The molecule has 1 unspecified atom stereocenters. The molecular formula is C43H51F4N7O3. The fourth-order valence-electron chi connectivity index (χ4n) is 10.1. The number of carbonyl (C=O) groups excluding carboxylic acids is 1. The van der Waals surface area contributed by atoms with Crippen molar-refractivity contribution in [1.82, 2.24) is 30.0 Å². The van der Waals surface area contributed by atoms with Crippen LogP contribution in [0.15, 0.2) is 36.8 Å². The smallest absolute Gasteiger partial charge is 0.422 e. The van der Waals surface area contributed by atoms with E-state index in [0.717, 1.165) is 98.5 Å². The molecule has 57 heavy (non-hydrogen) atoms. The lowest BCUT2D eigenvalue weighted by atomic mass is 9.61. The number of halogens is 4. The number of likely N-dealkylation sites (tertiary alicyclic amines) is 2. The third kappa shape index (κ3) is 7.09. The van der Waals surface area contributed by atoms with Gasteiger partial charge in [-0.2, -0.15) is 28.2 Å². The minimum Gasteiger partial charge on any atom is -0.481 e. The number of rotatable bonds is 10. The van der Waals surface area contributed by atoms with Gasteiger partial charge < -0.3 is 24.2 Å². The van der Waals surface area contributed by atoms with Crippen molar-refractivity contribution < 1.29 is 31.8 Å². The standard InChI is InChI=1S/C43H51F4N7O3/c1-5-26(3)52-14-10-41(11-15-52)19-29(20-41)57-40-49-36-31(38(50-40)53-16-12-42(13-17-53)22-54(23-42)39(55)27(4)44)18-30(28-7-8-28)35(37(36)56-24-43(45,46)47)34-25(2)6-9-33-32(34)21-48-51-33/h6,9,18,21,26,28-29H,4-5,7-8,10-17,19-20,22-24H2,1-3H3,(H,48,51). The van der Waals surface area contributed by atoms with E-state index in [9.17, 15) is 22.4 Å². The molecule has 2 aromatic carbocycles. The number of ether oxygens (including phenoxy) is 2. The predicted molar refractivity (Wildman–Crippen MR) is 210 cm³/mol. The molecule has 2 spiro atoms. The first-order valence-corrected chi connectivity index (χ1v) is 20.5. The third-order valence-corrected chi connectivity index (χ3v) is 13.8. The Morgan fingerprint density at radius 3 is 2.37 bits per heavy atom. The Hall–Kier alpha value is -4.46. The van der Waals surface area contributed by atoms with E-state index in [2.05, 4.69) is 46.5 Å². The average molecular weight is 790 g/mol. The van der Waals surface area contributed by atoms with Gasteiger partial charge in [0, 0.05) is 54.0 Å². The molecule has 2 aromatic heterocycles. The molecule has 4 aromatic rings. The summed E-state index contributed by atoms with van der Waals surface area (Å²) in [6.07, 6.45) is 5.42. The van der Waals surface area contributed by atoms with Crippen LogP contribution >= 0.6 is 0 Å². The number of aromatic nitrogens is 4. The summed E-state index contributed by atoms with van der Waals surface area (Å²) < 4.78 is 68.6. The maximum atomic E-state index is 14.1. The minimum absolute atomic E-state index is 0.0765. The molecule has 1 N–H and O–H groups in total. The fourth-order valence-corrected chi connectivity index (χ4v) is 10.1. The van der Waals surface area contributed by atoms with Crippen LogP contribution < -0.4 is 14.4 Å². The second-order valence-corrected chi connectivity index (χ2v) is 17.7. The van der Waals surface area contributed by atoms with Crippen LogP contribution in [0.1, 0.15) is 88.7 Å². The number of benzene rings is 2. The van der Waals surface area contributed by atoms with Gasteiger partial charge in [0.15, 0.2) is 18.2 Å². The molecule has 2 aliphatic carbocycles. The van der Waals surface area contributed by atoms with Crippen LogP contribution in [-0.2, 0) is 4.79 Å². The molecule has 0 radical (unpaired) electrons. The molecule has 5 aliphatic rings. The summed E-state index contributed by atoms with van der Waals surface area (Å²) in [7, 11) is 0. The Labute approximate surface area is 330 Å². The Kier molecular flexibility index (Phi) is 9.44. The van der Waals surface area contributed by atoms with Crippen molar-refractivity contribution in [3.63, 3.8) is 0 Å². The lowest BCUT2D eigenvalue weighted by Gasteiger charge is -2.54. The number of anilines is 1. The molecule has 0 bridgehead atoms. The third-order valence-electron chi connectivity index (χ3n) is 13.8. The maximum Gasteiger partial charge on any atom is 0.422 e. The minimum atomic E-state index is -4.59. The highest BCUT2D eigenvalue weighted by molar-refractivity contribution is 6.06. The van der Waals surface area contributed by atoms with Gasteiger partial charge in [0.25, 0.3) is 5.91 Å². The zero-order valence-electron chi connectivity index (χ0n) is 33.0. The van der Waals surface area contributed by atoms with Crippen LogP contribution in [0.2, 0.25) is 0 Å². The van der Waals surface area contributed by atoms with Crippen LogP contribution in [0, 0.1) is 17.8 Å². The van der Waals surface area contributed by atoms with E-state index < -0.39 is 24.5 Å². The zero-order chi connectivity index (χ0) is 39.9. The average Bonchev–Trinajstić information content (AvgIpc) is 3.90. The van der Waals surface area contributed by atoms with Gasteiger partial charge in [0.2, 0.25) is 0 Å². The Balaban J connectivity index is 1.12. The van der Waals surface area contributed by atoms with Gasteiger partial charge in [0.05, 0.1) is 11.7 Å². The Morgan fingerprint density at radius 1 is 1.02 bits per heavy atom. The van der Waals surface area contributed by atoms with Gasteiger partial charge in [-0.1, -0.05) is 19.6 Å². The molecule has 3 saturated heterocycles. The van der Waals surface area contributed by atoms with Crippen molar-refractivity contribution in [2.24, 2.45) is 10.8 Å². The first-order valence-electron chi connectivity index (χ1n) is 20.5. The summed E-state index contributed by atoms with van der Waals surface area (Å²) in [4.78, 5) is 28.5. The van der Waals surface area contributed by atoms with Crippen molar-refractivity contribution in [2.45, 2.75) is 103 Å². The van der Waals surface area contributed by atoms with Gasteiger partial charge in [-0.15, -0.1) is 0 Å². The predicted octanol–water partition coefficient (Wildman–Crippen LogP) is 8.63. The van der Waals surface area contributed by atoms with Crippen LogP contribution in [0.4, 0.5) is 23.4 Å². The lowest BCUT2D eigenvalue weighted by Crippen LogP contribution is -2.62. The quantitative estimate of drug-likeness (QED) is 0.126. The Bertz CT molecular complexity index is 2200. The number of fused-ring (bicyclic) bond motifs is 2. The number of piperidine rings is 2. The van der Waals surface area contributed by atoms with Crippen molar-refractivity contribution in [1.29, 1.82) is 0 Å². The number of hydrogen-bond acceptors (Lipinski definition) is 8. The topological polar surface area (TPSA) is 99.7 Å². The van der Waals surface area contributed by atoms with E-state index in [1.54, 1.807) is 6.20 Å². The summed E-state index contributed by atoms with van der Waals surface area (Å²) in [6.45, 7) is 12.4. The fraction of sp³-hybridized carbons (Fsp3) is 0.581. The van der Waals surface area contributed by atoms with Crippen molar-refractivity contribution >= 4 is 33.5 Å². The SMILES string of the molecule is C=C(F)C(=O)N1CC2(CCN(c3nc(OC4CC5(CCN(C(C)CC)CC5)C4)nc4c(OCC(F)(F)F)c(-c5c(C)ccc6[nH]ncc56)c(C5CC5)cc34)CC2)C1. The molecule has 1 atom stereocenters. The van der Waals surface area contributed by atoms with E-state index in [-0.39, 0.29) is 40.1 Å². The lowest BCUT2D eigenvalue weighted by molar-refractivity contribution is -0.153. The first-order chi connectivity index (χ1) is 27.2. The summed E-state index contributed by atoms with van der Waals surface area (Å²) >= 11 is 0. The largest absolute Gasteiger partial charge is 0.481 e. The molecule has 1 amide bonds. The van der Waals surface area contributed by atoms with Crippen LogP contribution in [0.25, 0.3) is 32.9 Å². The highest BCUT2D eigenvalue weighted by atomic mass is 19.4. The van der Waals surface area contributed by atoms with Crippen LogP contribution in [-0.4, -0.2) is 100 Å². The molecule has 3 aliphatic heterocycles. The summed E-state index contributed by atoms with van der Waals surface area (Å²) in [6, 6.07) is 6.65. The maximum absolute atomic E-state index is 14.1. The van der Waals surface area contributed by atoms with Gasteiger partial charge in [-0.05, 0) is 125 Å². The highest BCUT2D eigenvalue weighted by Crippen LogP contribution is 2.54. The van der Waals surface area contributed by atoms with E-state index in [4.69, 9.17) is 19.4 Å².